The highest BCUT2D eigenvalue weighted by molar-refractivity contribution is 14.0. The van der Waals surface area contributed by atoms with Crippen LogP contribution in [-0.2, 0) is 6.54 Å². The van der Waals surface area contributed by atoms with Gasteiger partial charge in [-0.3, -0.25) is 0 Å². The van der Waals surface area contributed by atoms with E-state index in [-0.39, 0.29) is 29.8 Å². The Hall–Kier alpha value is -0.850. The number of benzene rings is 1. The Labute approximate surface area is 143 Å². The van der Waals surface area contributed by atoms with Crippen LogP contribution in [0.5, 0.6) is 0 Å². The summed E-state index contributed by atoms with van der Waals surface area (Å²) in [5.41, 5.74) is 1.02. The molecule has 0 atom stereocenters. The number of halogens is 2. The predicted molar refractivity (Wildman–Crippen MR) is 96.6 cm³/mol. The van der Waals surface area contributed by atoms with Gasteiger partial charge in [-0.2, -0.15) is 0 Å². The van der Waals surface area contributed by atoms with Crippen molar-refractivity contribution in [3.63, 3.8) is 0 Å². The lowest BCUT2D eigenvalue weighted by Crippen LogP contribution is -2.44. The molecule has 1 saturated carbocycles. The fourth-order valence-electron chi connectivity index (χ4n) is 2.52. The minimum Gasteiger partial charge on any atom is -0.357 e. The van der Waals surface area contributed by atoms with Gasteiger partial charge in [0, 0.05) is 12.6 Å². The third kappa shape index (κ3) is 6.63. The van der Waals surface area contributed by atoms with Crippen LogP contribution >= 0.6 is 24.0 Å². The van der Waals surface area contributed by atoms with Crippen LogP contribution in [0.1, 0.15) is 44.6 Å². The molecule has 2 N–H and O–H groups in total. The molecule has 118 valence electrons. The minimum atomic E-state index is -0.204. The molecule has 0 amide bonds. The number of nitrogens with zero attached hydrogens (tertiary/aromatic N) is 1. The molecule has 2 rings (SSSR count). The van der Waals surface area contributed by atoms with Crippen LogP contribution in [0.3, 0.4) is 0 Å². The zero-order valence-electron chi connectivity index (χ0n) is 12.6. The van der Waals surface area contributed by atoms with Gasteiger partial charge in [0.05, 0.1) is 6.54 Å². The molecule has 1 aliphatic carbocycles. The van der Waals surface area contributed by atoms with Crippen LogP contribution in [0.15, 0.2) is 29.3 Å². The smallest absolute Gasteiger partial charge is 0.191 e. The van der Waals surface area contributed by atoms with E-state index in [0.29, 0.717) is 12.6 Å². The molecule has 1 aromatic rings. The first-order valence-electron chi connectivity index (χ1n) is 7.57. The van der Waals surface area contributed by atoms with Crippen molar-refractivity contribution in [1.82, 2.24) is 10.6 Å². The summed E-state index contributed by atoms with van der Waals surface area (Å²) in [7, 11) is 0. The van der Waals surface area contributed by atoms with Crippen LogP contribution in [0.25, 0.3) is 0 Å². The van der Waals surface area contributed by atoms with Gasteiger partial charge in [-0.15, -0.1) is 24.0 Å². The Morgan fingerprint density at radius 3 is 2.48 bits per heavy atom. The van der Waals surface area contributed by atoms with E-state index in [0.717, 1.165) is 18.1 Å². The molecule has 0 bridgehead atoms. The van der Waals surface area contributed by atoms with E-state index in [1.165, 1.54) is 44.2 Å². The van der Waals surface area contributed by atoms with E-state index in [9.17, 15) is 4.39 Å². The summed E-state index contributed by atoms with van der Waals surface area (Å²) in [5.74, 6) is 0.661. The highest BCUT2D eigenvalue weighted by Crippen LogP contribution is 2.17. The second kappa shape index (κ2) is 9.97. The monoisotopic (exact) mass is 405 g/mol. The maximum absolute atomic E-state index is 12.9. The lowest BCUT2D eigenvalue weighted by atomic mass is 9.96. The van der Waals surface area contributed by atoms with Gasteiger partial charge < -0.3 is 10.6 Å². The molecule has 5 heteroatoms. The molecule has 21 heavy (non-hydrogen) atoms. The Balaban J connectivity index is 0.00000220. The number of rotatable bonds is 4. The fourth-order valence-corrected chi connectivity index (χ4v) is 2.52. The Morgan fingerprint density at radius 2 is 1.86 bits per heavy atom. The third-order valence-electron chi connectivity index (χ3n) is 3.62. The molecule has 0 unspecified atom stereocenters. The van der Waals surface area contributed by atoms with Crippen LogP contribution in [0.2, 0.25) is 0 Å². The standard InChI is InChI=1S/C16H24FN3.HI/c1-2-18-16(20-15-6-4-3-5-7-15)19-12-13-8-10-14(17)11-9-13;/h8-11,15H,2-7,12H2,1H3,(H2,18,19,20);1H. The molecule has 0 saturated heterocycles. The summed E-state index contributed by atoms with van der Waals surface area (Å²) in [4.78, 5) is 4.58. The van der Waals surface area contributed by atoms with Gasteiger partial charge >= 0.3 is 0 Å². The molecule has 3 nitrogen and oxygen atoms in total. The Morgan fingerprint density at radius 1 is 1.19 bits per heavy atom. The van der Waals surface area contributed by atoms with Gasteiger partial charge in [0.15, 0.2) is 5.96 Å². The summed E-state index contributed by atoms with van der Waals surface area (Å²) in [6, 6.07) is 7.06. The third-order valence-corrected chi connectivity index (χ3v) is 3.62. The van der Waals surface area contributed by atoms with Crippen LogP contribution in [0.4, 0.5) is 4.39 Å². The van der Waals surface area contributed by atoms with Crippen molar-refractivity contribution in [2.45, 2.75) is 51.6 Å². The number of hydrogen-bond donors (Lipinski definition) is 2. The molecule has 1 aliphatic rings. The minimum absolute atomic E-state index is 0. The van der Waals surface area contributed by atoms with Crippen molar-refractivity contribution in [3.8, 4) is 0 Å². The molecular weight excluding hydrogens is 380 g/mol. The van der Waals surface area contributed by atoms with E-state index >= 15 is 0 Å². The quantitative estimate of drug-likeness (QED) is 0.454. The van der Waals surface area contributed by atoms with Crippen molar-refractivity contribution in [2.24, 2.45) is 4.99 Å². The topological polar surface area (TPSA) is 36.4 Å². The summed E-state index contributed by atoms with van der Waals surface area (Å²) in [6.45, 7) is 3.49. The lowest BCUT2D eigenvalue weighted by molar-refractivity contribution is 0.410. The van der Waals surface area contributed by atoms with Gasteiger partial charge in [-0.25, -0.2) is 9.38 Å². The second-order valence-electron chi connectivity index (χ2n) is 5.30. The Bertz CT molecular complexity index is 428. The van der Waals surface area contributed by atoms with E-state index < -0.39 is 0 Å². The molecule has 0 aromatic heterocycles. The van der Waals surface area contributed by atoms with Gasteiger partial charge in [-0.05, 0) is 37.5 Å². The number of nitrogens with one attached hydrogen (secondary N) is 2. The zero-order chi connectivity index (χ0) is 14.2. The summed E-state index contributed by atoms with van der Waals surface area (Å²) in [6.07, 6.45) is 6.40. The van der Waals surface area contributed by atoms with Crippen LogP contribution < -0.4 is 10.6 Å². The summed E-state index contributed by atoms with van der Waals surface area (Å²) in [5, 5.41) is 6.78. The molecule has 1 aromatic carbocycles. The average Bonchev–Trinajstić information content (AvgIpc) is 2.48. The van der Waals surface area contributed by atoms with E-state index in [1.807, 2.05) is 0 Å². The number of hydrogen-bond acceptors (Lipinski definition) is 1. The number of guanidine groups is 1. The molecule has 1 fully saturated rings. The van der Waals surface area contributed by atoms with Gasteiger partial charge in [0.1, 0.15) is 5.82 Å². The fraction of sp³-hybridized carbons (Fsp3) is 0.562. The first kappa shape index (κ1) is 18.2. The first-order valence-corrected chi connectivity index (χ1v) is 7.57. The van der Waals surface area contributed by atoms with Crippen molar-refractivity contribution >= 4 is 29.9 Å². The first-order chi connectivity index (χ1) is 9.78. The molecule has 0 aliphatic heterocycles. The largest absolute Gasteiger partial charge is 0.357 e. The van der Waals surface area contributed by atoms with Crippen molar-refractivity contribution in [2.75, 3.05) is 6.54 Å². The zero-order valence-corrected chi connectivity index (χ0v) is 14.9. The van der Waals surface area contributed by atoms with Gasteiger partial charge in [0.25, 0.3) is 0 Å². The van der Waals surface area contributed by atoms with Crippen LogP contribution in [0, 0.1) is 5.82 Å². The molecule has 0 spiro atoms. The summed E-state index contributed by atoms with van der Waals surface area (Å²) < 4.78 is 12.9. The van der Waals surface area contributed by atoms with Crippen LogP contribution in [-0.4, -0.2) is 18.5 Å². The average molecular weight is 405 g/mol. The number of aliphatic imine (C=N–C) groups is 1. The maximum atomic E-state index is 12.9. The van der Waals surface area contributed by atoms with E-state index in [4.69, 9.17) is 0 Å². The maximum Gasteiger partial charge on any atom is 0.191 e. The molecule has 0 heterocycles. The second-order valence-corrected chi connectivity index (χ2v) is 5.30. The predicted octanol–water partition coefficient (Wildman–Crippen LogP) is 3.83. The van der Waals surface area contributed by atoms with E-state index in [2.05, 4.69) is 22.5 Å². The highest BCUT2D eigenvalue weighted by Gasteiger charge is 2.14. The highest BCUT2D eigenvalue weighted by atomic mass is 127. The lowest BCUT2D eigenvalue weighted by Gasteiger charge is -2.24. The summed E-state index contributed by atoms with van der Waals surface area (Å²) >= 11 is 0. The van der Waals surface area contributed by atoms with Crippen molar-refractivity contribution in [3.05, 3.63) is 35.6 Å². The molecular formula is C16H25FIN3. The van der Waals surface area contributed by atoms with E-state index in [1.54, 1.807) is 12.1 Å². The molecule has 0 radical (unpaired) electrons. The normalized spacial score (nSPS) is 16.2. The van der Waals surface area contributed by atoms with Crippen molar-refractivity contribution < 1.29 is 4.39 Å². The van der Waals surface area contributed by atoms with Crippen molar-refractivity contribution in [1.29, 1.82) is 0 Å². The van der Waals surface area contributed by atoms with Gasteiger partial charge in [-0.1, -0.05) is 31.4 Å². The SMILES string of the molecule is CCNC(=NCc1ccc(F)cc1)NC1CCCCC1.I. The Kier molecular flexibility index (Phi) is 8.64. The van der Waals surface area contributed by atoms with Gasteiger partial charge in [0.2, 0.25) is 0 Å².